The summed E-state index contributed by atoms with van der Waals surface area (Å²) in [5.74, 6) is 1.67. The fourth-order valence-electron chi connectivity index (χ4n) is 10.6. The van der Waals surface area contributed by atoms with Crippen LogP contribution in [0.2, 0.25) is 0 Å². The molecule has 0 saturated heterocycles. The maximum atomic E-state index is 6.32. The van der Waals surface area contributed by atoms with E-state index in [1.54, 1.807) is 0 Å². The lowest BCUT2D eigenvalue weighted by Gasteiger charge is -2.35. The van der Waals surface area contributed by atoms with E-state index in [0.717, 1.165) is 70.0 Å². The Hall–Kier alpha value is -5.88. The van der Waals surface area contributed by atoms with Gasteiger partial charge in [-0.2, -0.15) is 0 Å². The quantitative estimate of drug-likeness (QED) is 0.0712. The number of rotatable bonds is 20. The van der Waals surface area contributed by atoms with Crippen LogP contribution in [0.1, 0.15) is 143 Å². The Morgan fingerprint density at radius 3 is 1.12 bits per heavy atom. The fourth-order valence-corrected chi connectivity index (χ4v) is 10.6. The molecule has 65 heavy (non-hydrogen) atoms. The fraction of sp³-hybridized carbons (Fsp3) is 0.390. The van der Waals surface area contributed by atoms with Crippen molar-refractivity contribution in [2.45, 2.75) is 148 Å². The van der Waals surface area contributed by atoms with Crippen LogP contribution in [0.4, 0.5) is 34.1 Å². The van der Waals surface area contributed by atoms with Crippen molar-refractivity contribution in [2.24, 2.45) is 0 Å². The second kappa shape index (κ2) is 18.9. The number of anilines is 6. The van der Waals surface area contributed by atoms with Crippen molar-refractivity contribution < 1.29 is 18.9 Å². The highest BCUT2D eigenvalue weighted by molar-refractivity contribution is 5.89. The molecule has 6 heteroatoms. The Morgan fingerprint density at radius 2 is 0.708 bits per heavy atom. The Balaban J connectivity index is 1.19. The van der Waals surface area contributed by atoms with E-state index in [1.807, 2.05) is 27.7 Å². The topological polar surface area (TPSA) is 43.4 Å². The van der Waals surface area contributed by atoms with E-state index in [4.69, 9.17) is 18.9 Å². The molecule has 0 spiro atoms. The monoisotopic (exact) mass is 869 g/mol. The molecule has 6 nitrogen and oxygen atoms in total. The van der Waals surface area contributed by atoms with Gasteiger partial charge in [-0.1, -0.05) is 139 Å². The molecular formula is C59H68N2O4. The highest BCUT2D eigenvalue weighted by atomic mass is 16.7. The van der Waals surface area contributed by atoms with Gasteiger partial charge in [0.05, 0.1) is 11.4 Å². The highest BCUT2D eigenvalue weighted by Gasteiger charge is 2.44. The summed E-state index contributed by atoms with van der Waals surface area (Å²) >= 11 is 0. The van der Waals surface area contributed by atoms with E-state index in [9.17, 15) is 0 Å². The zero-order chi connectivity index (χ0) is 45.0. The number of benzene rings is 6. The Morgan fingerprint density at radius 1 is 0.354 bits per heavy atom. The van der Waals surface area contributed by atoms with Crippen molar-refractivity contribution in [1.82, 2.24) is 0 Å². The number of fused-ring (bicyclic) bond motifs is 5. The van der Waals surface area contributed by atoms with Crippen LogP contribution < -0.4 is 28.7 Å². The zero-order valence-electron chi connectivity index (χ0n) is 39.6. The van der Waals surface area contributed by atoms with E-state index < -0.39 is 11.6 Å². The van der Waals surface area contributed by atoms with Gasteiger partial charge < -0.3 is 28.7 Å². The lowest BCUT2D eigenvalue weighted by atomic mass is 9.70. The molecule has 0 aromatic heterocycles. The van der Waals surface area contributed by atoms with Crippen molar-refractivity contribution in [3.05, 3.63) is 145 Å². The molecule has 338 valence electrons. The normalized spacial score (nSPS) is 15.4. The van der Waals surface area contributed by atoms with Crippen molar-refractivity contribution in [3.8, 4) is 34.1 Å². The van der Waals surface area contributed by atoms with Gasteiger partial charge in [0.1, 0.15) is 0 Å². The minimum absolute atomic E-state index is 0.172. The zero-order valence-corrected chi connectivity index (χ0v) is 39.6. The molecule has 3 aliphatic rings. The number of hydrogen-bond acceptors (Lipinski definition) is 6. The average molecular weight is 869 g/mol. The first-order valence-electron chi connectivity index (χ1n) is 24.6. The number of para-hydroxylation sites is 2. The minimum atomic E-state index is -0.709. The second-order valence-corrected chi connectivity index (χ2v) is 19.4. The van der Waals surface area contributed by atoms with Gasteiger partial charge in [0.15, 0.2) is 23.0 Å². The van der Waals surface area contributed by atoms with E-state index in [-0.39, 0.29) is 5.41 Å². The van der Waals surface area contributed by atoms with Crippen LogP contribution in [-0.4, -0.2) is 11.6 Å². The maximum Gasteiger partial charge on any atom is 0.246 e. The molecule has 6 aromatic rings. The van der Waals surface area contributed by atoms with Gasteiger partial charge in [-0.3, -0.25) is 0 Å². The molecule has 0 atom stereocenters. The maximum absolute atomic E-state index is 6.32. The molecule has 6 aromatic carbocycles. The van der Waals surface area contributed by atoms with Crippen molar-refractivity contribution >= 4 is 34.1 Å². The largest absolute Gasteiger partial charge is 0.449 e. The van der Waals surface area contributed by atoms with Crippen LogP contribution >= 0.6 is 0 Å². The SMILES string of the molecule is CCCCCCCCC1(CCCCCCCC)c2cc(N(c3ccccc3)c3ccc4c(c3)OC(C)(C)O4)ccc2-c2ccc(N(c3ccccc3)c3ccc4c(c3)OC(C)(C)O4)cc21. The number of unbranched alkanes of at least 4 members (excludes halogenated alkanes) is 10. The molecular weight excluding hydrogens is 801 g/mol. The van der Waals surface area contributed by atoms with E-state index in [1.165, 1.54) is 99.3 Å². The number of ether oxygens (including phenoxy) is 4. The summed E-state index contributed by atoms with van der Waals surface area (Å²) in [7, 11) is 0. The molecule has 0 bridgehead atoms. The lowest BCUT2D eigenvalue weighted by Crippen LogP contribution is -2.29. The van der Waals surface area contributed by atoms with Gasteiger partial charge in [-0.05, 0) is 108 Å². The van der Waals surface area contributed by atoms with Gasteiger partial charge in [0.2, 0.25) is 11.6 Å². The third kappa shape index (κ3) is 9.32. The third-order valence-corrected chi connectivity index (χ3v) is 13.6. The molecule has 1 aliphatic carbocycles. The first-order chi connectivity index (χ1) is 31.6. The van der Waals surface area contributed by atoms with Gasteiger partial charge >= 0.3 is 0 Å². The highest BCUT2D eigenvalue weighted by Crippen LogP contribution is 2.57. The standard InChI is InChI=1S/C59H68N2O4/c1-7-9-11-13-15-23-37-59(38-24-16-14-12-10-8-2)51-39-45(60(43-25-19-17-20-26-43)47-31-35-53-55(41-47)64-57(3,4)62-53)29-33-49(51)50-34-30-46(40-52(50)59)61(44-27-21-18-22-28-44)48-32-36-54-56(42-48)65-58(5,6)63-54/h17-22,25-36,39-42H,7-16,23-24,37-38H2,1-6H3. The van der Waals surface area contributed by atoms with Gasteiger partial charge in [0, 0.05) is 68.0 Å². The average Bonchev–Trinajstić information content (AvgIpc) is 3.89. The van der Waals surface area contributed by atoms with Crippen LogP contribution in [0.5, 0.6) is 23.0 Å². The molecule has 0 unspecified atom stereocenters. The Labute approximate surface area is 388 Å². The van der Waals surface area contributed by atoms with Gasteiger partial charge in [0.25, 0.3) is 0 Å². The van der Waals surface area contributed by atoms with Crippen molar-refractivity contribution in [3.63, 3.8) is 0 Å². The lowest BCUT2D eigenvalue weighted by molar-refractivity contribution is -0.0437. The second-order valence-electron chi connectivity index (χ2n) is 19.4. The Kier molecular flexibility index (Phi) is 12.9. The molecule has 9 rings (SSSR count). The molecule has 0 amide bonds. The van der Waals surface area contributed by atoms with Crippen LogP contribution in [0.25, 0.3) is 11.1 Å². The van der Waals surface area contributed by atoms with E-state index >= 15 is 0 Å². The minimum Gasteiger partial charge on any atom is -0.449 e. The molecule has 0 N–H and O–H groups in total. The summed E-state index contributed by atoms with van der Waals surface area (Å²) in [5.41, 5.74) is 12.0. The van der Waals surface area contributed by atoms with Crippen molar-refractivity contribution in [2.75, 3.05) is 9.80 Å². The predicted molar refractivity (Wildman–Crippen MR) is 269 cm³/mol. The molecule has 2 aliphatic heterocycles. The smallest absolute Gasteiger partial charge is 0.246 e. The summed E-state index contributed by atoms with van der Waals surface area (Å²) in [4.78, 5) is 4.78. The summed E-state index contributed by atoms with van der Waals surface area (Å²) in [5, 5.41) is 0. The summed E-state index contributed by atoms with van der Waals surface area (Å²) in [6.45, 7) is 12.5. The number of hydrogen-bond donors (Lipinski definition) is 0. The van der Waals surface area contributed by atoms with Gasteiger partial charge in [-0.25, -0.2) is 0 Å². The van der Waals surface area contributed by atoms with E-state index in [2.05, 4.69) is 157 Å². The third-order valence-electron chi connectivity index (χ3n) is 13.6. The van der Waals surface area contributed by atoms with Crippen LogP contribution in [0, 0.1) is 0 Å². The predicted octanol–water partition coefficient (Wildman–Crippen LogP) is 17.4. The van der Waals surface area contributed by atoms with E-state index in [0.29, 0.717) is 0 Å². The first-order valence-corrected chi connectivity index (χ1v) is 24.6. The Bertz CT molecular complexity index is 2390. The van der Waals surface area contributed by atoms with Crippen LogP contribution in [-0.2, 0) is 5.41 Å². The molecule has 0 saturated carbocycles. The number of nitrogens with zero attached hydrogens (tertiary/aromatic N) is 2. The first kappa shape index (κ1) is 44.3. The molecule has 0 radical (unpaired) electrons. The van der Waals surface area contributed by atoms with Crippen LogP contribution in [0.3, 0.4) is 0 Å². The van der Waals surface area contributed by atoms with Gasteiger partial charge in [-0.15, -0.1) is 0 Å². The summed E-state index contributed by atoms with van der Waals surface area (Å²) in [6, 6.07) is 48.8. The summed E-state index contributed by atoms with van der Waals surface area (Å²) < 4.78 is 25.0. The summed E-state index contributed by atoms with van der Waals surface area (Å²) in [6.07, 6.45) is 17.4. The van der Waals surface area contributed by atoms with Crippen LogP contribution in [0.15, 0.2) is 133 Å². The molecule has 2 heterocycles. The van der Waals surface area contributed by atoms with Crippen molar-refractivity contribution in [1.29, 1.82) is 0 Å². The molecule has 0 fully saturated rings.